The summed E-state index contributed by atoms with van der Waals surface area (Å²) in [5, 5.41) is 6.78. The first kappa shape index (κ1) is 14.1. The van der Waals surface area contributed by atoms with E-state index in [9.17, 15) is 9.18 Å². The molecule has 0 aliphatic carbocycles. The second-order valence-corrected chi connectivity index (χ2v) is 4.88. The fourth-order valence-electron chi connectivity index (χ4n) is 2.12. The molecule has 6 heteroatoms. The van der Waals surface area contributed by atoms with Gasteiger partial charge in [0.05, 0.1) is 5.69 Å². The van der Waals surface area contributed by atoms with Crippen molar-refractivity contribution in [3.8, 4) is 11.5 Å². The number of furan rings is 1. The van der Waals surface area contributed by atoms with Gasteiger partial charge in [-0.1, -0.05) is 12.1 Å². The Kier molecular flexibility index (Phi) is 3.50. The Labute approximate surface area is 126 Å². The van der Waals surface area contributed by atoms with E-state index in [0.717, 1.165) is 5.76 Å². The number of nitrogens with zero attached hydrogens (tertiary/aromatic N) is 2. The molecule has 0 saturated heterocycles. The maximum atomic E-state index is 13.6. The number of hydrogen-bond donors (Lipinski definition) is 1. The number of halogens is 1. The molecule has 2 aromatic heterocycles. The van der Waals surface area contributed by atoms with Crippen molar-refractivity contribution in [1.29, 1.82) is 0 Å². The van der Waals surface area contributed by atoms with Gasteiger partial charge in [-0.15, -0.1) is 0 Å². The van der Waals surface area contributed by atoms with Crippen LogP contribution in [0.25, 0.3) is 11.5 Å². The summed E-state index contributed by atoms with van der Waals surface area (Å²) in [5.41, 5.74) is 0.991. The first-order valence-corrected chi connectivity index (χ1v) is 6.71. The van der Waals surface area contributed by atoms with Gasteiger partial charge in [-0.05, 0) is 31.2 Å². The molecule has 1 N–H and O–H groups in total. The highest BCUT2D eigenvalue weighted by Gasteiger charge is 2.17. The maximum absolute atomic E-state index is 13.6. The zero-order valence-corrected chi connectivity index (χ0v) is 12.1. The molecule has 0 spiro atoms. The Hall–Kier alpha value is -2.89. The van der Waals surface area contributed by atoms with E-state index in [-0.39, 0.29) is 5.69 Å². The molecule has 0 unspecified atom stereocenters. The van der Waals surface area contributed by atoms with Gasteiger partial charge < -0.3 is 9.73 Å². The largest absolute Gasteiger partial charge is 0.460 e. The predicted molar refractivity (Wildman–Crippen MR) is 80.0 cm³/mol. The minimum absolute atomic E-state index is 0.129. The highest BCUT2D eigenvalue weighted by molar-refractivity contribution is 6.03. The summed E-state index contributed by atoms with van der Waals surface area (Å²) in [6.45, 7) is 1.83. The number of aryl methyl sites for hydroxylation is 2. The molecular formula is C16H14FN3O2. The fraction of sp³-hybridized carbons (Fsp3) is 0.125. The van der Waals surface area contributed by atoms with Gasteiger partial charge in [-0.2, -0.15) is 5.10 Å². The van der Waals surface area contributed by atoms with Crippen LogP contribution in [0, 0.1) is 12.7 Å². The van der Waals surface area contributed by atoms with Crippen LogP contribution < -0.4 is 5.32 Å². The van der Waals surface area contributed by atoms with Crippen LogP contribution in [-0.2, 0) is 7.05 Å². The van der Waals surface area contributed by atoms with E-state index in [0.29, 0.717) is 17.1 Å². The number of hydrogen-bond acceptors (Lipinski definition) is 3. The first-order chi connectivity index (χ1) is 10.5. The van der Waals surface area contributed by atoms with Crippen molar-refractivity contribution < 1.29 is 13.6 Å². The molecule has 0 aliphatic rings. The van der Waals surface area contributed by atoms with Crippen LogP contribution in [0.4, 0.5) is 10.1 Å². The van der Waals surface area contributed by atoms with E-state index in [2.05, 4.69) is 10.4 Å². The third kappa shape index (κ3) is 2.63. The quantitative estimate of drug-likeness (QED) is 0.806. The molecule has 2 heterocycles. The Morgan fingerprint density at radius 2 is 2.05 bits per heavy atom. The van der Waals surface area contributed by atoms with Crippen molar-refractivity contribution in [3.05, 3.63) is 59.7 Å². The number of para-hydroxylation sites is 1. The van der Waals surface area contributed by atoms with E-state index >= 15 is 0 Å². The molecule has 3 aromatic rings. The Morgan fingerprint density at radius 1 is 1.27 bits per heavy atom. The molecule has 1 aromatic carbocycles. The van der Waals surface area contributed by atoms with Gasteiger partial charge in [0.25, 0.3) is 5.91 Å². The third-order valence-corrected chi connectivity index (χ3v) is 3.23. The Morgan fingerprint density at radius 3 is 2.73 bits per heavy atom. The number of anilines is 1. The molecule has 0 radical (unpaired) electrons. The van der Waals surface area contributed by atoms with Crippen LogP contribution in [0.1, 0.15) is 16.2 Å². The lowest BCUT2D eigenvalue weighted by molar-refractivity contribution is 0.101. The van der Waals surface area contributed by atoms with Crippen molar-refractivity contribution >= 4 is 11.6 Å². The number of carbonyl (C=O) groups excluding carboxylic acids is 1. The molecular weight excluding hydrogens is 285 g/mol. The minimum atomic E-state index is -0.486. The minimum Gasteiger partial charge on any atom is -0.460 e. The highest BCUT2D eigenvalue weighted by atomic mass is 19.1. The summed E-state index contributed by atoms with van der Waals surface area (Å²) in [6.07, 6.45) is 0. The average Bonchev–Trinajstić information content (AvgIpc) is 3.07. The lowest BCUT2D eigenvalue weighted by atomic mass is 10.2. The van der Waals surface area contributed by atoms with Crippen molar-refractivity contribution in [2.24, 2.45) is 7.05 Å². The number of nitrogens with one attached hydrogen (secondary N) is 1. The molecule has 5 nitrogen and oxygen atoms in total. The molecule has 0 aliphatic heterocycles. The van der Waals surface area contributed by atoms with Crippen molar-refractivity contribution in [3.63, 3.8) is 0 Å². The molecule has 3 rings (SSSR count). The van der Waals surface area contributed by atoms with E-state index in [4.69, 9.17) is 4.42 Å². The lowest BCUT2D eigenvalue weighted by Crippen LogP contribution is -2.16. The summed E-state index contributed by atoms with van der Waals surface area (Å²) < 4.78 is 20.5. The topological polar surface area (TPSA) is 60.1 Å². The fourth-order valence-corrected chi connectivity index (χ4v) is 2.12. The number of benzene rings is 1. The van der Waals surface area contributed by atoms with Gasteiger partial charge >= 0.3 is 0 Å². The number of aromatic nitrogens is 2. The van der Waals surface area contributed by atoms with E-state index in [1.165, 1.54) is 16.8 Å². The number of carbonyl (C=O) groups is 1. The van der Waals surface area contributed by atoms with E-state index in [1.54, 1.807) is 31.3 Å². The average molecular weight is 299 g/mol. The van der Waals surface area contributed by atoms with Crippen LogP contribution in [-0.4, -0.2) is 15.7 Å². The van der Waals surface area contributed by atoms with Gasteiger partial charge in [0.1, 0.15) is 23.0 Å². The second kappa shape index (κ2) is 5.48. The lowest BCUT2D eigenvalue weighted by Gasteiger charge is -2.05. The van der Waals surface area contributed by atoms with E-state index < -0.39 is 11.7 Å². The SMILES string of the molecule is Cc1ccc(-c2cc(C(=O)Nc3ccccc3F)n(C)n2)o1. The van der Waals surface area contributed by atoms with Crippen molar-refractivity contribution in [2.45, 2.75) is 6.92 Å². The zero-order chi connectivity index (χ0) is 15.7. The smallest absolute Gasteiger partial charge is 0.274 e. The molecule has 0 bridgehead atoms. The van der Waals surface area contributed by atoms with Gasteiger partial charge in [-0.25, -0.2) is 4.39 Å². The summed E-state index contributed by atoms with van der Waals surface area (Å²) >= 11 is 0. The summed E-state index contributed by atoms with van der Waals surface area (Å²) in [5.74, 6) is 0.422. The monoisotopic (exact) mass is 299 g/mol. The molecule has 0 atom stereocenters. The van der Waals surface area contributed by atoms with E-state index in [1.807, 2.05) is 13.0 Å². The first-order valence-electron chi connectivity index (χ1n) is 6.71. The highest BCUT2D eigenvalue weighted by Crippen LogP contribution is 2.22. The Bertz CT molecular complexity index is 836. The molecule has 0 saturated carbocycles. The second-order valence-electron chi connectivity index (χ2n) is 4.88. The number of amides is 1. The molecule has 1 amide bonds. The normalized spacial score (nSPS) is 10.7. The molecule has 22 heavy (non-hydrogen) atoms. The molecule has 112 valence electrons. The Balaban J connectivity index is 1.87. The predicted octanol–water partition coefficient (Wildman–Crippen LogP) is 3.38. The van der Waals surface area contributed by atoms with Crippen LogP contribution >= 0.6 is 0 Å². The van der Waals surface area contributed by atoms with Crippen LogP contribution in [0.5, 0.6) is 0 Å². The van der Waals surface area contributed by atoms with Crippen LogP contribution in [0.2, 0.25) is 0 Å². The number of rotatable bonds is 3. The van der Waals surface area contributed by atoms with Gasteiger partial charge in [0.15, 0.2) is 5.76 Å². The summed E-state index contributed by atoms with van der Waals surface area (Å²) in [4.78, 5) is 12.3. The van der Waals surface area contributed by atoms with Crippen molar-refractivity contribution in [2.75, 3.05) is 5.32 Å². The zero-order valence-electron chi connectivity index (χ0n) is 12.1. The standard InChI is InChI=1S/C16H14FN3O2/c1-10-7-8-15(22-10)13-9-14(20(2)19-13)16(21)18-12-6-4-3-5-11(12)17/h3-9H,1-2H3,(H,18,21). The van der Waals surface area contributed by atoms with Gasteiger partial charge in [0, 0.05) is 13.1 Å². The maximum Gasteiger partial charge on any atom is 0.274 e. The van der Waals surface area contributed by atoms with Crippen LogP contribution in [0.3, 0.4) is 0 Å². The van der Waals surface area contributed by atoms with Crippen molar-refractivity contribution in [1.82, 2.24) is 9.78 Å². The molecule has 0 fully saturated rings. The van der Waals surface area contributed by atoms with Gasteiger partial charge in [0.2, 0.25) is 0 Å². The summed E-state index contributed by atoms with van der Waals surface area (Å²) in [7, 11) is 1.65. The summed E-state index contributed by atoms with van der Waals surface area (Å²) in [6, 6.07) is 11.2. The third-order valence-electron chi connectivity index (χ3n) is 3.23. The van der Waals surface area contributed by atoms with Crippen LogP contribution in [0.15, 0.2) is 46.9 Å². The van der Waals surface area contributed by atoms with Gasteiger partial charge in [-0.3, -0.25) is 9.48 Å².